The lowest BCUT2D eigenvalue weighted by molar-refractivity contribution is 0.0526. The van der Waals surface area contributed by atoms with Crippen LogP contribution in [0.3, 0.4) is 0 Å². The van der Waals surface area contributed by atoms with Gasteiger partial charge in [0.25, 0.3) is 5.56 Å². The van der Waals surface area contributed by atoms with Gasteiger partial charge in [0.1, 0.15) is 10.7 Å². The van der Waals surface area contributed by atoms with Crippen LogP contribution in [0.2, 0.25) is 0 Å². The maximum absolute atomic E-state index is 13.5. The van der Waals surface area contributed by atoms with Gasteiger partial charge in [0.05, 0.1) is 30.6 Å². The summed E-state index contributed by atoms with van der Waals surface area (Å²) >= 11 is 1.60. The third kappa shape index (κ3) is 4.04. The molecule has 0 spiro atoms. The van der Waals surface area contributed by atoms with E-state index in [9.17, 15) is 9.59 Å². The van der Waals surface area contributed by atoms with Crippen LogP contribution in [0.15, 0.2) is 29.1 Å². The normalized spacial score (nSPS) is 14.5. The summed E-state index contributed by atoms with van der Waals surface area (Å²) in [5, 5.41) is 0.728. The van der Waals surface area contributed by atoms with Crippen LogP contribution in [-0.2, 0) is 17.8 Å². The minimum Gasteiger partial charge on any atom is -0.462 e. The van der Waals surface area contributed by atoms with Crippen LogP contribution in [0.25, 0.3) is 10.2 Å². The van der Waals surface area contributed by atoms with Crippen LogP contribution in [0.4, 0.5) is 0 Å². The number of rotatable bonds is 6. The van der Waals surface area contributed by atoms with Crippen molar-refractivity contribution in [1.29, 1.82) is 0 Å². The smallest absolute Gasteiger partial charge is 0.338 e. The Morgan fingerprint density at radius 2 is 1.83 bits per heavy atom. The molecule has 1 aliphatic rings. The molecule has 6 nitrogen and oxygen atoms in total. The number of carbonyl (C=O) groups excluding carboxylic acids is 1. The standard InChI is InChI=1S/C23H27N3O3S/c1-4-29-23(28)18-9-7-17(8-10-18)13-26-19(14-25-11-5-6-12-25)24-21-20(22(26)27)15(2)16(3)30-21/h7-10H,4-6,11-14H2,1-3H3. The van der Waals surface area contributed by atoms with Gasteiger partial charge in [-0.25, -0.2) is 9.78 Å². The van der Waals surface area contributed by atoms with Gasteiger partial charge in [-0.15, -0.1) is 11.3 Å². The SMILES string of the molecule is CCOC(=O)c1ccc(Cn2c(CN3CCCC3)nc3sc(C)c(C)c3c2=O)cc1. The second kappa shape index (κ2) is 8.70. The summed E-state index contributed by atoms with van der Waals surface area (Å²) < 4.78 is 6.86. The van der Waals surface area contributed by atoms with E-state index in [1.165, 1.54) is 12.8 Å². The van der Waals surface area contributed by atoms with Gasteiger partial charge in [0, 0.05) is 4.88 Å². The van der Waals surface area contributed by atoms with Gasteiger partial charge in [-0.1, -0.05) is 12.1 Å². The number of hydrogen-bond donors (Lipinski definition) is 0. The maximum Gasteiger partial charge on any atom is 0.338 e. The molecule has 0 aliphatic carbocycles. The fourth-order valence-corrected chi connectivity index (χ4v) is 4.98. The third-order valence-electron chi connectivity index (χ3n) is 5.74. The highest BCUT2D eigenvalue weighted by Gasteiger charge is 2.20. The first-order chi connectivity index (χ1) is 14.5. The Labute approximate surface area is 180 Å². The van der Waals surface area contributed by atoms with E-state index in [1.54, 1.807) is 35.0 Å². The molecule has 30 heavy (non-hydrogen) atoms. The lowest BCUT2D eigenvalue weighted by Crippen LogP contribution is -2.30. The number of likely N-dealkylation sites (tertiary alicyclic amines) is 1. The second-order valence-electron chi connectivity index (χ2n) is 7.78. The quantitative estimate of drug-likeness (QED) is 0.561. The third-order valence-corrected chi connectivity index (χ3v) is 6.84. The van der Waals surface area contributed by atoms with Crippen LogP contribution in [0.1, 0.15) is 52.0 Å². The Bertz CT molecular complexity index is 1130. The molecule has 1 aromatic carbocycles. The molecule has 2 aromatic heterocycles. The van der Waals surface area contributed by atoms with Crippen LogP contribution in [0, 0.1) is 13.8 Å². The van der Waals surface area contributed by atoms with E-state index in [-0.39, 0.29) is 11.5 Å². The van der Waals surface area contributed by atoms with Crippen LogP contribution in [0.5, 0.6) is 0 Å². The number of ether oxygens (including phenoxy) is 1. The van der Waals surface area contributed by atoms with E-state index in [1.807, 2.05) is 26.0 Å². The molecule has 0 atom stereocenters. The van der Waals surface area contributed by atoms with Gasteiger partial charge < -0.3 is 4.74 Å². The summed E-state index contributed by atoms with van der Waals surface area (Å²) in [7, 11) is 0. The summed E-state index contributed by atoms with van der Waals surface area (Å²) in [6.07, 6.45) is 2.39. The fourth-order valence-electron chi connectivity index (χ4n) is 3.94. The largest absolute Gasteiger partial charge is 0.462 e. The molecule has 1 aliphatic heterocycles. The summed E-state index contributed by atoms with van der Waals surface area (Å²) in [6.45, 7) is 9.38. The van der Waals surface area contributed by atoms with Crippen LogP contribution >= 0.6 is 11.3 Å². The zero-order valence-electron chi connectivity index (χ0n) is 17.7. The molecule has 0 radical (unpaired) electrons. The van der Waals surface area contributed by atoms with E-state index in [0.29, 0.717) is 25.3 Å². The number of thiophene rings is 1. The van der Waals surface area contributed by atoms with Crippen LogP contribution < -0.4 is 5.56 Å². The maximum atomic E-state index is 13.5. The topological polar surface area (TPSA) is 64.4 Å². The Hall–Kier alpha value is -2.51. The van der Waals surface area contributed by atoms with Gasteiger partial charge in [0.2, 0.25) is 0 Å². The van der Waals surface area contributed by atoms with Gasteiger partial charge in [-0.3, -0.25) is 14.3 Å². The van der Waals surface area contributed by atoms with E-state index < -0.39 is 0 Å². The van der Waals surface area contributed by atoms with Crippen molar-refractivity contribution in [2.75, 3.05) is 19.7 Å². The average Bonchev–Trinajstić information content (AvgIpc) is 3.33. The number of nitrogens with zero attached hydrogens (tertiary/aromatic N) is 3. The van der Waals surface area contributed by atoms with Crippen LogP contribution in [-0.4, -0.2) is 40.1 Å². The fraction of sp³-hybridized carbons (Fsp3) is 0.435. The number of hydrogen-bond acceptors (Lipinski definition) is 6. The zero-order chi connectivity index (χ0) is 21.3. The molecule has 0 amide bonds. The van der Waals surface area contributed by atoms with Crippen molar-refractivity contribution in [3.8, 4) is 0 Å². The molecular weight excluding hydrogens is 398 g/mol. The molecule has 0 N–H and O–H groups in total. The lowest BCUT2D eigenvalue weighted by Gasteiger charge is -2.18. The second-order valence-corrected chi connectivity index (χ2v) is 8.99. The first-order valence-corrected chi connectivity index (χ1v) is 11.3. The Kier molecular flexibility index (Phi) is 6.01. The van der Waals surface area contributed by atoms with Crippen molar-refractivity contribution in [2.24, 2.45) is 0 Å². The minimum atomic E-state index is -0.330. The highest BCUT2D eigenvalue weighted by molar-refractivity contribution is 7.18. The number of aromatic nitrogens is 2. The van der Waals surface area contributed by atoms with E-state index in [4.69, 9.17) is 9.72 Å². The molecule has 7 heteroatoms. The molecule has 3 aromatic rings. The first-order valence-electron chi connectivity index (χ1n) is 10.5. The predicted octanol–water partition coefficient (Wildman–Crippen LogP) is 3.90. The van der Waals surface area contributed by atoms with Gasteiger partial charge in [-0.05, 0) is 70.0 Å². The van der Waals surface area contributed by atoms with Crippen molar-refractivity contribution in [3.05, 3.63) is 62.0 Å². The van der Waals surface area contributed by atoms with Crippen molar-refractivity contribution in [2.45, 2.75) is 46.7 Å². The van der Waals surface area contributed by atoms with Gasteiger partial charge in [-0.2, -0.15) is 0 Å². The number of aryl methyl sites for hydroxylation is 2. The molecule has 3 heterocycles. The molecule has 1 fully saturated rings. The summed E-state index contributed by atoms with van der Waals surface area (Å²) in [5.74, 6) is 0.480. The summed E-state index contributed by atoms with van der Waals surface area (Å²) in [5.41, 5.74) is 2.51. The lowest BCUT2D eigenvalue weighted by atomic mass is 10.1. The van der Waals surface area contributed by atoms with Crippen molar-refractivity contribution in [1.82, 2.24) is 14.5 Å². The summed E-state index contributed by atoms with van der Waals surface area (Å²) in [4.78, 5) is 34.6. The van der Waals surface area contributed by atoms with Crippen molar-refractivity contribution >= 4 is 27.5 Å². The van der Waals surface area contributed by atoms with E-state index in [0.717, 1.165) is 45.1 Å². The Balaban J connectivity index is 1.72. The average molecular weight is 426 g/mol. The highest BCUT2D eigenvalue weighted by atomic mass is 32.1. The number of fused-ring (bicyclic) bond motifs is 1. The molecule has 0 unspecified atom stereocenters. The van der Waals surface area contributed by atoms with Crippen molar-refractivity contribution < 1.29 is 9.53 Å². The van der Waals surface area contributed by atoms with Gasteiger partial charge in [0.15, 0.2) is 0 Å². The molecule has 0 bridgehead atoms. The van der Waals surface area contributed by atoms with Gasteiger partial charge >= 0.3 is 5.97 Å². The number of esters is 1. The Morgan fingerprint density at radius 1 is 1.13 bits per heavy atom. The minimum absolute atomic E-state index is 0.0190. The first kappa shape index (κ1) is 20.8. The highest BCUT2D eigenvalue weighted by Crippen LogP contribution is 2.27. The molecule has 0 saturated carbocycles. The molecule has 4 rings (SSSR count). The molecule has 1 saturated heterocycles. The summed E-state index contributed by atoms with van der Waals surface area (Å²) in [6, 6.07) is 7.28. The van der Waals surface area contributed by atoms with E-state index >= 15 is 0 Å². The number of carbonyl (C=O) groups is 1. The van der Waals surface area contributed by atoms with E-state index in [2.05, 4.69) is 4.90 Å². The zero-order valence-corrected chi connectivity index (χ0v) is 18.6. The number of benzene rings is 1. The van der Waals surface area contributed by atoms with Crippen molar-refractivity contribution in [3.63, 3.8) is 0 Å². The Morgan fingerprint density at radius 3 is 2.50 bits per heavy atom. The monoisotopic (exact) mass is 425 g/mol. The molecule has 158 valence electrons. The molecular formula is C23H27N3O3S. The predicted molar refractivity (Wildman–Crippen MR) is 119 cm³/mol.